The Morgan fingerprint density at radius 1 is 1.11 bits per heavy atom. The summed E-state index contributed by atoms with van der Waals surface area (Å²) in [5.74, 6) is -0.489. The van der Waals surface area contributed by atoms with Crippen LogP contribution >= 0.6 is 0 Å². The van der Waals surface area contributed by atoms with Gasteiger partial charge in [0.05, 0.1) is 11.1 Å². The lowest BCUT2D eigenvalue weighted by Gasteiger charge is -2.11. The van der Waals surface area contributed by atoms with Crippen molar-refractivity contribution in [1.29, 1.82) is 0 Å². The van der Waals surface area contributed by atoms with E-state index >= 15 is 0 Å². The van der Waals surface area contributed by atoms with Gasteiger partial charge in [-0.3, -0.25) is 4.57 Å². The van der Waals surface area contributed by atoms with Gasteiger partial charge >= 0.3 is 18.0 Å². The number of amides is 2. The third-order valence-electron chi connectivity index (χ3n) is 3.82. The highest BCUT2D eigenvalue weighted by Crippen LogP contribution is 2.30. The second kappa shape index (κ2) is 7.18. The van der Waals surface area contributed by atoms with E-state index in [2.05, 4.69) is 10.6 Å². The summed E-state index contributed by atoms with van der Waals surface area (Å²) < 4.78 is 44.8. The number of hydrogen-bond donors (Lipinski definition) is 2. The first-order valence-corrected chi connectivity index (χ1v) is 8.16. The zero-order chi connectivity index (χ0) is 19.6. The minimum atomic E-state index is -4.50. The molecule has 9 heteroatoms. The van der Waals surface area contributed by atoms with Gasteiger partial charge in [0.1, 0.15) is 0 Å². The Morgan fingerprint density at radius 3 is 2.48 bits per heavy atom. The Bertz CT molecular complexity index is 1040. The molecule has 2 N–H and O–H groups in total. The van der Waals surface area contributed by atoms with E-state index in [1.807, 2.05) is 6.92 Å². The molecule has 2 amide bonds. The van der Waals surface area contributed by atoms with Crippen LogP contribution in [0.25, 0.3) is 11.1 Å². The van der Waals surface area contributed by atoms with E-state index in [9.17, 15) is 22.8 Å². The smallest absolute Gasteiger partial charge is 0.408 e. The van der Waals surface area contributed by atoms with Gasteiger partial charge in [-0.25, -0.2) is 9.59 Å². The Labute approximate surface area is 151 Å². The molecule has 0 bridgehead atoms. The van der Waals surface area contributed by atoms with E-state index in [4.69, 9.17) is 4.42 Å². The molecule has 0 saturated carbocycles. The van der Waals surface area contributed by atoms with Gasteiger partial charge < -0.3 is 15.1 Å². The lowest BCUT2D eigenvalue weighted by molar-refractivity contribution is -0.137. The van der Waals surface area contributed by atoms with E-state index in [1.54, 1.807) is 12.1 Å². The average Bonchev–Trinajstić information content (AvgIpc) is 2.89. The number of fused-ring (bicyclic) bond motifs is 1. The topological polar surface area (TPSA) is 76.3 Å². The van der Waals surface area contributed by atoms with Gasteiger partial charge in [-0.05, 0) is 36.8 Å². The SMILES string of the molecule is CCCn1c(=O)oc2cc(NC(=O)Nc3cccc(C(F)(F)F)c3)ccc21. The molecule has 0 aliphatic heterocycles. The number of hydrogen-bond acceptors (Lipinski definition) is 3. The Kier molecular flexibility index (Phi) is 4.93. The molecule has 0 saturated heterocycles. The fourth-order valence-corrected chi connectivity index (χ4v) is 2.65. The number of nitrogens with one attached hydrogen (secondary N) is 2. The quantitative estimate of drug-likeness (QED) is 0.692. The summed E-state index contributed by atoms with van der Waals surface area (Å²) in [5, 5.41) is 4.84. The molecule has 2 aromatic carbocycles. The third-order valence-corrected chi connectivity index (χ3v) is 3.82. The zero-order valence-corrected chi connectivity index (χ0v) is 14.3. The van der Waals surface area contributed by atoms with E-state index in [0.717, 1.165) is 18.6 Å². The highest BCUT2D eigenvalue weighted by atomic mass is 19.4. The summed E-state index contributed by atoms with van der Waals surface area (Å²) in [4.78, 5) is 23.9. The normalized spacial score (nSPS) is 11.6. The van der Waals surface area contributed by atoms with Gasteiger partial charge in [0.15, 0.2) is 5.58 Å². The molecule has 0 spiro atoms. The van der Waals surface area contributed by atoms with Gasteiger partial charge in [-0.15, -0.1) is 0 Å². The molecule has 1 aromatic heterocycles. The number of aromatic nitrogens is 1. The van der Waals surface area contributed by atoms with E-state index in [-0.39, 0.29) is 5.69 Å². The van der Waals surface area contributed by atoms with Crippen LogP contribution in [-0.2, 0) is 12.7 Å². The Morgan fingerprint density at radius 2 is 1.81 bits per heavy atom. The number of oxazole rings is 1. The molecule has 0 radical (unpaired) electrons. The monoisotopic (exact) mass is 379 g/mol. The first kappa shape index (κ1) is 18.6. The van der Waals surface area contributed by atoms with Crippen LogP contribution in [0.15, 0.2) is 51.7 Å². The number of halogens is 3. The fourth-order valence-electron chi connectivity index (χ4n) is 2.65. The summed E-state index contributed by atoms with van der Waals surface area (Å²) in [6, 6.07) is 8.29. The van der Waals surface area contributed by atoms with Crippen molar-refractivity contribution >= 4 is 28.5 Å². The van der Waals surface area contributed by atoms with Crippen molar-refractivity contribution in [1.82, 2.24) is 4.57 Å². The van der Waals surface area contributed by atoms with Crippen molar-refractivity contribution in [2.45, 2.75) is 26.1 Å². The number of carbonyl (C=O) groups is 1. The summed E-state index contributed by atoms with van der Waals surface area (Å²) in [6.45, 7) is 2.44. The largest absolute Gasteiger partial charge is 0.419 e. The number of urea groups is 1. The maximum atomic E-state index is 12.7. The molecule has 1 heterocycles. The highest BCUT2D eigenvalue weighted by molar-refractivity contribution is 6.00. The number of alkyl halides is 3. The number of aryl methyl sites for hydroxylation is 1. The van der Waals surface area contributed by atoms with Crippen LogP contribution in [0.5, 0.6) is 0 Å². The second-order valence-electron chi connectivity index (χ2n) is 5.86. The van der Waals surface area contributed by atoms with Gasteiger partial charge in [-0.1, -0.05) is 13.0 Å². The van der Waals surface area contributed by atoms with E-state index in [1.165, 1.54) is 22.8 Å². The molecule has 27 heavy (non-hydrogen) atoms. The van der Waals surface area contributed by atoms with Crippen molar-refractivity contribution in [2.24, 2.45) is 0 Å². The maximum absolute atomic E-state index is 12.7. The Hall–Kier alpha value is -3.23. The predicted octanol–water partition coefficient (Wildman–Crippen LogP) is 4.67. The molecule has 0 unspecified atom stereocenters. The highest BCUT2D eigenvalue weighted by Gasteiger charge is 2.30. The first-order valence-electron chi connectivity index (χ1n) is 8.16. The van der Waals surface area contributed by atoms with Crippen molar-refractivity contribution in [2.75, 3.05) is 10.6 Å². The number of benzene rings is 2. The molecule has 142 valence electrons. The Balaban J connectivity index is 1.75. The van der Waals surface area contributed by atoms with Crippen LogP contribution in [0.4, 0.5) is 29.3 Å². The van der Waals surface area contributed by atoms with Crippen molar-refractivity contribution in [3.63, 3.8) is 0 Å². The molecular formula is C18H16F3N3O3. The van der Waals surface area contributed by atoms with Crippen LogP contribution in [0.2, 0.25) is 0 Å². The standard InChI is InChI=1S/C18H16F3N3O3/c1-2-8-24-14-7-6-13(10-15(14)27-17(24)26)23-16(25)22-12-5-3-4-11(9-12)18(19,20)21/h3-7,9-10H,2,8H2,1H3,(H2,22,23,25). The van der Waals surface area contributed by atoms with Crippen molar-refractivity contribution < 1.29 is 22.4 Å². The average molecular weight is 379 g/mol. The summed E-state index contributed by atoms with van der Waals surface area (Å²) >= 11 is 0. The maximum Gasteiger partial charge on any atom is 0.419 e. The summed E-state index contributed by atoms with van der Waals surface area (Å²) in [7, 11) is 0. The minimum absolute atomic E-state index is 0.00373. The van der Waals surface area contributed by atoms with Crippen molar-refractivity contribution in [3.8, 4) is 0 Å². The number of carbonyl (C=O) groups excluding carboxylic acids is 1. The molecule has 0 aliphatic rings. The molecule has 6 nitrogen and oxygen atoms in total. The molecular weight excluding hydrogens is 363 g/mol. The van der Waals surface area contributed by atoms with Crippen LogP contribution in [0.3, 0.4) is 0 Å². The van der Waals surface area contributed by atoms with Gasteiger partial charge in [0.2, 0.25) is 0 Å². The number of rotatable bonds is 4. The number of anilines is 2. The zero-order valence-electron chi connectivity index (χ0n) is 14.3. The van der Waals surface area contributed by atoms with Crippen molar-refractivity contribution in [3.05, 3.63) is 58.6 Å². The van der Waals surface area contributed by atoms with E-state index in [0.29, 0.717) is 23.3 Å². The molecule has 3 aromatic rings. The van der Waals surface area contributed by atoms with Crippen LogP contribution in [0.1, 0.15) is 18.9 Å². The molecule has 0 fully saturated rings. The lowest BCUT2D eigenvalue weighted by Crippen LogP contribution is -2.19. The summed E-state index contributed by atoms with van der Waals surface area (Å²) in [5.41, 5.74) is 0.394. The van der Waals surface area contributed by atoms with Crippen LogP contribution < -0.4 is 16.4 Å². The van der Waals surface area contributed by atoms with E-state index < -0.39 is 23.5 Å². The molecule has 0 aliphatic carbocycles. The van der Waals surface area contributed by atoms with Crippen LogP contribution in [0, 0.1) is 0 Å². The lowest BCUT2D eigenvalue weighted by atomic mass is 10.2. The predicted molar refractivity (Wildman–Crippen MR) is 94.9 cm³/mol. The fraction of sp³-hybridized carbons (Fsp3) is 0.222. The van der Waals surface area contributed by atoms with Gasteiger partial charge in [-0.2, -0.15) is 13.2 Å². The van der Waals surface area contributed by atoms with Crippen LogP contribution in [-0.4, -0.2) is 10.6 Å². The number of nitrogens with zero attached hydrogens (tertiary/aromatic N) is 1. The van der Waals surface area contributed by atoms with Gasteiger partial charge in [0, 0.05) is 24.0 Å². The summed E-state index contributed by atoms with van der Waals surface area (Å²) in [6.07, 6.45) is -3.74. The van der Waals surface area contributed by atoms with Gasteiger partial charge in [0.25, 0.3) is 0 Å². The minimum Gasteiger partial charge on any atom is -0.408 e. The first-order chi connectivity index (χ1) is 12.8. The third kappa shape index (κ3) is 4.13. The second-order valence-corrected chi connectivity index (χ2v) is 5.86. The molecule has 3 rings (SSSR count). The molecule has 0 atom stereocenters.